The zero-order valence-corrected chi connectivity index (χ0v) is 17.1. The van der Waals surface area contributed by atoms with E-state index in [1.807, 2.05) is 0 Å². The Kier molecular flexibility index (Phi) is 6.45. The average molecular weight is 404 g/mol. The molecule has 0 spiro atoms. The fourth-order valence-electron chi connectivity index (χ4n) is 1.97. The number of anilines is 1. The van der Waals surface area contributed by atoms with Crippen LogP contribution in [0.1, 0.15) is 41.7 Å². The fraction of sp³-hybridized carbons (Fsp3) is 0.263. The maximum Gasteiger partial charge on any atom is 0.231 e. The topological polar surface area (TPSA) is 91.3 Å². The lowest BCUT2D eigenvalue weighted by Crippen LogP contribution is -2.41. The number of allylic oxidation sites excluding steroid dienone is 1. The monoisotopic (exact) mass is 403 g/mol. The van der Waals surface area contributed by atoms with Crippen molar-refractivity contribution < 1.29 is 14.7 Å². The molecule has 27 heavy (non-hydrogen) atoms. The van der Waals surface area contributed by atoms with E-state index in [0.717, 1.165) is 11.3 Å². The molecule has 3 N–H and O–H groups in total. The number of nitrogens with zero attached hydrogens (tertiary/aromatic N) is 1. The summed E-state index contributed by atoms with van der Waals surface area (Å²) < 4.78 is 0. The van der Waals surface area contributed by atoms with E-state index in [1.165, 1.54) is 6.08 Å². The number of thiocarbonyl (C=S) groups is 1. The molecule has 0 fully saturated rings. The lowest BCUT2D eigenvalue weighted by Gasteiger charge is -2.17. The first kappa shape index (κ1) is 20.7. The van der Waals surface area contributed by atoms with Gasteiger partial charge in [-0.1, -0.05) is 50.3 Å². The van der Waals surface area contributed by atoms with Crippen molar-refractivity contribution in [1.29, 1.82) is 0 Å². The predicted molar refractivity (Wildman–Crippen MR) is 112 cm³/mol. The molecule has 1 heterocycles. The number of nitrogens with one attached hydrogen (secondary N) is 2. The van der Waals surface area contributed by atoms with Gasteiger partial charge in [0, 0.05) is 11.0 Å². The van der Waals surface area contributed by atoms with Gasteiger partial charge in [-0.25, -0.2) is 4.98 Å². The van der Waals surface area contributed by atoms with Crippen LogP contribution in [0.25, 0.3) is 6.08 Å². The van der Waals surface area contributed by atoms with Crippen molar-refractivity contribution in [3.8, 4) is 5.75 Å². The summed E-state index contributed by atoms with van der Waals surface area (Å²) >= 11 is 6.27. The van der Waals surface area contributed by atoms with E-state index < -0.39 is 5.41 Å². The number of hydrogen-bond acceptors (Lipinski definition) is 6. The Hall–Kier alpha value is -2.58. The van der Waals surface area contributed by atoms with Crippen LogP contribution in [0, 0.1) is 12.3 Å². The normalized spacial score (nSPS) is 11.4. The number of aromatic hydroxyl groups is 1. The first-order valence-electron chi connectivity index (χ1n) is 8.18. The van der Waals surface area contributed by atoms with Crippen molar-refractivity contribution in [3.05, 3.63) is 46.5 Å². The van der Waals surface area contributed by atoms with E-state index in [9.17, 15) is 14.7 Å². The number of hydrogen-bond donors (Lipinski definition) is 3. The number of benzene rings is 1. The highest BCUT2D eigenvalue weighted by Crippen LogP contribution is 2.24. The number of phenolic OH excluding ortho intramolecular Hbond substituents is 1. The van der Waals surface area contributed by atoms with Gasteiger partial charge < -0.3 is 15.7 Å². The summed E-state index contributed by atoms with van der Waals surface area (Å²) in [6, 6.07) is 6.75. The molecule has 8 heteroatoms. The van der Waals surface area contributed by atoms with Crippen molar-refractivity contribution in [3.63, 3.8) is 0 Å². The van der Waals surface area contributed by atoms with Gasteiger partial charge in [0.15, 0.2) is 16.0 Å². The fourth-order valence-corrected chi connectivity index (χ4v) is 3.11. The summed E-state index contributed by atoms with van der Waals surface area (Å²) in [6.07, 6.45) is 2.94. The zero-order chi connectivity index (χ0) is 20.2. The van der Waals surface area contributed by atoms with Gasteiger partial charge in [-0.15, -0.1) is 0 Å². The van der Waals surface area contributed by atoms with Gasteiger partial charge >= 0.3 is 0 Å². The minimum absolute atomic E-state index is 0.102. The summed E-state index contributed by atoms with van der Waals surface area (Å²) in [5.74, 6) is -0.342. The first-order chi connectivity index (χ1) is 12.6. The average Bonchev–Trinajstić information content (AvgIpc) is 2.93. The molecule has 1 aromatic heterocycles. The Morgan fingerprint density at radius 1 is 1.26 bits per heavy atom. The van der Waals surface area contributed by atoms with E-state index in [2.05, 4.69) is 15.6 Å². The molecular formula is C19H21N3O3S2. The highest BCUT2D eigenvalue weighted by Gasteiger charge is 2.22. The number of phenols is 1. The predicted octanol–water partition coefficient (Wildman–Crippen LogP) is 3.91. The summed E-state index contributed by atoms with van der Waals surface area (Å²) in [5.41, 5.74) is 0.538. The van der Waals surface area contributed by atoms with E-state index in [1.54, 1.807) is 58.0 Å². The van der Waals surface area contributed by atoms with Crippen molar-refractivity contribution >= 4 is 51.6 Å². The minimum atomic E-state index is -0.570. The number of aromatic nitrogens is 1. The van der Waals surface area contributed by atoms with Crippen LogP contribution in [-0.4, -0.2) is 26.9 Å². The molecule has 1 amide bonds. The first-order valence-corrected chi connectivity index (χ1v) is 9.40. The highest BCUT2D eigenvalue weighted by molar-refractivity contribution is 7.80. The number of para-hydroxylation sites is 1. The molecular weight excluding hydrogens is 382 g/mol. The van der Waals surface area contributed by atoms with Crippen molar-refractivity contribution in [2.24, 2.45) is 5.41 Å². The Labute approximate surface area is 167 Å². The number of ketones is 1. The molecule has 142 valence electrons. The van der Waals surface area contributed by atoms with Gasteiger partial charge in [-0.05, 0) is 37.4 Å². The van der Waals surface area contributed by atoms with Gasteiger partial charge in [0.05, 0.1) is 10.6 Å². The van der Waals surface area contributed by atoms with Crippen molar-refractivity contribution in [1.82, 2.24) is 10.3 Å². The molecule has 0 atom stereocenters. The van der Waals surface area contributed by atoms with Crippen LogP contribution in [0.3, 0.4) is 0 Å². The van der Waals surface area contributed by atoms with Gasteiger partial charge in [-0.2, -0.15) is 0 Å². The Bertz CT molecular complexity index is 911. The molecule has 0 aliphatic heterocycles. The highest BCUT2D eigenvalue weighted by atomic mass is 32.1. The molecule has 0 radical (unpaired) electrons. The van der Waals surface area contributed by atoms with Crippen LogP contribution in [-0.2, 0) is 4.79 Å². The lowest BCUT2D eigenvalue weighted by molar-refractivity contribution is -0.126. The number of amides is 1. The second-order valence-electron chi connectivity index (χ2n) is 6.85. The molecule has 0 aliphatic rings. The molecule has 1 aromatic carbocycles. The van der Waals surface area contributed by atoms with Gasteiger partial charge in [-0.3, -0.25) is 9.59 Å². The summed E-state index contributed by atoms with van der Waals surface area (Å²) in [4.78, 5) is 29.1. The number of thiazole rings is 1. The van der Waals surface area contributed by atoms with Gasteiger partial charge in [0.25, 0.3) is 0 Å². The quantitative estimate of drug-likeness (QED) is 0.407. The van der Waals surface area contributed by atoms with Gasteiger partial charge in [0.1, 0.15) is 5.75 Å². The molecule has 2 rings (SSSR count). The number of carbonyl (C=O) groups is 2. The largest absolute Gasteiger partial charge is 0.507 e. The van der Waals surface area contributed by atoms with E-state index in [4.69, 9.17) is 12.2 Å². The third-order valence-electron chi connectivity index (χ3n) is 3.50. The summed E-state index contributed by atoms with van der Waals surface area (Å²) in [6.45, 7) is 7.07. The number of carbonyl (C=O) groups excluding carboxylic acids is 2. The SMILES string of the molecule is Cc1nc(NC(=S)NC(=O)C(C)(C)C)sc1C(=O)/C=C/c1ccccc1O. The number of rotatable bonds is 4. The molecule has 0 saturated heterocycles. The maximum absolute atomic E-state index is 12.4. The molecule has 0 saturated carbocycles. The van der Waals surface area contributed by atoms with E-state index >= 15 is 0 Å². The van der Waals surface area contributed by atoms with E-state index in [-0.39, 0.29) is 22.6 Å². The molecule has 2 aromatic rings. The third kappa shape index (κ3) is 5.70. The maximum atomic E-state index is 12.4. The molecule has 6 nitrogen and oxygen atoms in total. The standard InChI is InChI=1S/C19H21N3O3S2/c1-11-15(14(24)10-9-12-7-5-6-8-13(12)23)27-18(20-11)22-17(26)21-16(25)19(2,3)4/h5-10,23H,1-4H3,(H2,20,21,22,25,26)/b10-9+. The minimum Gasteiger partial charge on any atom is -0.507 e. The zero-order valence-electron chi connectivity index (χ0n) is 15.5. The van der Waals surface area contributed by atoms with Crippen LogP contribution >= 0.6 is 23.6 Å². The number of aryl methyl sites for hydroxylation is 1. The summed E-state index contributed by atoms with van der Waals surface area (Å²) in [5, 5.41) is 15.7. The molecule has 0 unspecified atom stereocenters. The van der Waals surface area contributed by atoms with Crippen LogP contribution in [0.5, 0.6) is 5.75 Å². The van der Waals surface area contributed by atoms with E-state index in [0.29, 0.717) is 21.3 Å². The van der Waals surface area contributed by atoms with Gasteiger partial charge in [0.2, 0.25) is 5.91 Å². The van der Waals surface area contributed by atoms with Crippen LogP contribution in [0.4, 0.5) is 5.13 Å². The smallest absolute Gasteiger partial charge is 0.231 e. The van der Waals surface area contributed by atoms with Crippen molar-refractivity contribution in [2.75, 3.05) is 5.32 Å². The molecule has 0 bridgehead atoms. The lowest BCUT2D eigenvalue weighted by atomic mass is 9.96. The van der Waals surface area contributed by atoms with Crippen LogP contribution in [0.15, 0.2) is 30.3 Å². The van der Waals surface area contributed by atoms with Crippen molar-refractivity contribution in [2.45, 2.75) is 27.7 Å². The molecule has 0 aliphatic carbocycles. The Morgan fingerprint density at radius 2 is 1.93 bits per heavy atom. The second kappa shape index (κ2) is 8.41. The Balaban J connectivity index is 2.07. The van der Waals surface area contributed by atoms with Crippen LogP contribution in [0.2, 0.25) is 0 Å². The van der Waals surface area contributed by atoms with Crippen LogP contribution < -0.4 is 10.6 Å². The summed E-state index contributed by atoms with van der Waals surface area (Å²) in [7, 11) is 0. The third-order valence-corrected chi connectivity index (χ3v) is 4.79. The second-order valence-corrected chi connectivity index (χ2v) is 8.26. The Morgan fingerprint density at radius 3 is 2.56 bits per heavy atom.